The van der Waals surface area contributed by atoms with E-state index >= 15 is 0 Å². The van der Waals surface area contributed by atoms with Crippen LogP contribution >= 0.6 is 0 Å². The zero-order valence-electron chi connectivity index (χ0n) is 7.74. The normalized spacial score (nSPS) is 8.53. The molecule has 0 radical (unpaired) electrons. The van der Waals surface area contributed by atoms with Crippen LogP contribution in [0.3, 0.4) is 0 Å². The van der Waals surface area contributed by atoms with Crippen molar-refractivity contribution in [2.45, 2.75) is 0 Å². The predicted octanol–water partition coefficient (Wildman–Crippen LogP) is -2.03. The number of anilines is 1. The number of carbonyl (C=O) groups excluding carboxylic acids is 1. The van der Waals surface area contributed by atoms with Gasteiger partial charge in [-0.2, -0.15) is 0 Å². The van der Waals surface area contributed by atoms with Crippen molar-refractivity contribution < 1.29 is 10.3 Å². The molecule has 0 saturated carbocycles. The van der Waals surface area contributed by atoms with Gasteiger partial charge in [-0.3, -0.25) is 21.1 Å². The first-order valence-corrected chi connectivity index (χ1v) is 3.71. The molecule has 0 fully saturated rings. The average molecular weight is 212 g/mol. The fourth-order valence-corrected chi connectivity index (χ4v) is 0.786. The number of nitrogen functional groups attached to an aromatic ring is 1. The molecule has 0 aliphatic rings. The Morgan fingerprint density at radius 3 is 2.67 bits per heavy atom. The molecule has 0 aliphatic carbocycles. The lowest BCUT2D eigenvalue weighted by molar-refractivity contribution is 0.0943. The number of nitrogens with one attached hydrogen (secondary N) is 3. The van der Waals surface area contributed by atoms with E-state index < -0.39 is 5.91 Å². The van der Waals surface area contributed by atoms with Crippen molar-refractivity contribution >= 4 is 17.7 Å². The standard InChI is InChI=1S/C7H10N6O.H2O/c8-5-3-4(1-2-11-5)6(14)12-13-7(9)10;/h1-3H,(H2,8,11)(H,12,14)(H4,9,10,13);1H2. The van der Waals surface area contributed by atoms with Gasteiger partial charge in [-0.15, -0.1) is 0 Å². The number of hydrogen-bond acceptors (Lipinski definition) is 4. The van der Waals surface area contributed by atoms with Gasteiger partial charge in [-0.1, -0.05) is 0 Å². The van der Waals surface area contributed by atoms with E-state index in [4.69, 9.17) is 16.9 Å². The van der Waals surface area contributed by atoms with Gasteiger partial charge < -0.3 is 16.9 Å². The highest BCUT2D eigenvalue weighted by atomic mass is 16.2. The molecule has 9 N–H and O–H groups in total. The highest BCUT2D eigenvalue weighted by molar-refractivity contribution is 5.95. The van der Waals surface area contributed by atoms with Gasteiger partial charge in [0.05, 0.1) is 0 Å². The number of pyridine rings is 1. The lowest BCUT2D eigenvalue weighted by Crippen LogP contribution is -2.44. The molecule has 0 atom stereocenters. The molecule has 1 rings (SSSR count). The zero-order chi connectivity index (χ0) is 10.6. The first kappa shape index (κ1) is 12.7. The van der Waals surface area contributed by atoms with Crippen molar-refractivity contribution in [3.05, 3.63) is 23.9 Å². The fraction of sp³-hybridized carbons (Fsp3) is 0. The third-order valence-electron chi connectivity index (χ3n) is 1.35. The molecule has 0 bridgehead atoms. The van der Waals surface area contributed by atoms with Crippen LogP contribution < -0.4 is 22.3 Å². The van der Waals surface area contributed by atoms with E-state index in [9.17, 15) is 4.79 Å². The SMILES string of the molecule is N=C(N)NNC(=O)c1ccnc(N)c1.O. The highest BCUT2D eigenvalue weighted by Gasteiger charge is 2.04. The maximum Gasteiger partial charge on any atom is 0.269 e. The Labute approximate surface area is 85.5 Å². The quantitative estimate of drug-likeness (QED) is 0.205. The molecule has 0 aromatic carbocycles. The molecule has 0 spiro atoms. The van der Waals surface area contributed by atoms with Crippen molar-refractivity contribution in [2.24, 2.45) is 5.73 Å². The van der Waals surface area contributed by atoms with Crippen LogP contribution in [-0.4, -0.2) is 22.3 Å². The van der Waals surface area contributed by atoms with Gasteiger partial charge in [0.25, 0.3) is 5.91 Å². The highest BCUT2D eigenvalue weighted by Crippen LogP contribution is 2.01. The molecule has 15 heavy (non-hydrogen) atoms. The van der Waals surface area contributed by atoms with Crippen LogP contribution in [0.2, 0.25) is 0 Å². The molecule has 1 aromatic rings. The summed E-state index contributed by atoms with van der Waals surface area (Å²) in [5, 5.41) is 6.81. The van der Waals surface area contributed by atoms with Crippen molar-refractivity contribution in [2.75, 3.05) is 5.73 Å². The number of amides is 1. The van der Waals surface area contributed by atoms with Gasteiger partial charge in [0.15, 0.2) is 0 Å². The zero-order valence-corrected chi connectivity index (χ0v) is 7.74. The Morgan fingerprint density at radius 2 is 2.13 bits per heavy atom. The van der Waals surface area contributed by atoms with Gasteiger partial charge >= 0.3 is 0 Å². The molecule has 8 nitrogen and oxygen atoms in total. The Bertz CT molecular complexity index is 366. The van der Waals surface area contributed by atoms with E-state index in [2.05, 4.69) is 15.8 Å². The number of nitrogens with two attached hydrogens (primary N) is 2. The summed E-state index contributed by atoms with van der Waals surface area (Å²) < 4.78 is 0. The minimum Gasteiger partial charge on any atom is -0.412 e. The minimum absolute atomic E-state index is 0. The number of guanidine groups is 1. The van der Waals surface area contributed by atoms with Gasteiger partial charge in [-0.05, 0) is 12.1 Å². The topological polar surface area (TPSA) is 161 Å². The Balaban J connectivity index is 0.00000196. The summed E-state index contributed by atoms with van der Waals surface area (Å²) >= 11 is 0. The smallest absolute Gasteiger partial charge is 0.269 e. The van der Waals surface area contributed by atoms with Crippen LogP contribution in [0.5, 0.6) is 0 Å². The Hall–Kier alpha value is -2.35. The van der Waals surface area contributed by atoms with E-state index in [-0.39, 0.29) is 17.3 Å². The number of hydrogen-bond donors (Lipinski definition) is 5. The maximum atomic E-state index is 11.3. The van der Waals surface area contributed by atoms with Crippen LogP contribution in [0, 0.1) is 5.41 Å². The second-order valence-electron chi connectivity index (χ2n) is 2.46. The molecule has 1 amide bonds. The van der Waals surface area contributed by atoms with E-state index in [0.717, 1.165) is 0 Å². The summed E-state index contributed by atoms with van der Waals surface area (Å²) in [6, 6.07) is 2.91. The second kappa shape index (κ2) is 5.40. The summed E-state index contributed by atoms with van der Waals surface area (Å²) in [7, 11) is 0. The molecular formula is C7H12N6O2. The molecule has 82 valence electrons. The molecule has 0 unspecified atom stereocenters. The number of nitrogens with zero attached hydrogens (tertiary/aromatic N) is 1. The Morgan fingerprint density at radius 1 is 1.47 bits per heavy atom. The minimum atomic E-state index is -0.436. The largest absolute Gasteiger partial charge is 0.412 e. The molecule has 8 heteroatoms. The van der Waals surface area contributed by atoms with Gasteiger partial charge in [0.1, 0.15) is 5.82 Å². The van der Waals surface area contributed by atoms with Crippen molar-refractivity contribution in [3.8, 4) is 0 Å². The monoisotopic (exact) mass is 212 g/mol. The van der Waals surface area contributed by atoms with Crippen LogP contribution in [-0.2, 0) is 0 Å². The summed E-state index contributed by atoms with van der Waals surface area (Å²) in [4.78, 5) is 15.0. The number of aromatic nitrogens is 1. The summed E-state index contributed by atoms with van der Waals surface area (Å²) in [5.41, 5.74) is 15.0. The van der Waals surface area contributed by atoms with Crippen molar-refractivity contribution in [1.29, 1.82) is 5.41 Å². The molecular weight excluding hydrogens is 200 g/mol. The summed E-state index contributed by atoms with van der Waals surface area (Å²) in [5.74, 6) is -0.532. The molecule has 1 aromatic heterocycles. The van der Waals surface area contributed by atoms with E-state index in [1.165, 1.54) is 18.3 Å². The fourth-order valence-electron chi connectivity index (χ4n) is 0.786. The van der Waals surface area contributed by atoms with Gasteiger partial charge in [-0.25, -0.2) is 4.98 Å². The third kappa shape index (κ3) is 3.91. The van der Waals surface area contributed by atoms with E-state index in [0.29, 0.717) is 5.56 Å². The maximum absolute atomic E-state index is 11.3. The predicted molar refractivity (Wildman–Crippen MR) is 54.8 cm³/mol. The molecule has 1 heterocycles. The van der Waals surface area contributed by atoms with E-state index in [1.807, 2.05) is 0 Å². The first-order chi connectivity index (χ1) is 6.59. The molecule has 0 saturated heterocycles. The van der Waals surface area contributed by atoms with Crippen molar-refractivity contribution in [3.63, 3.8) is 0 Å². The molecule has 0 aliphatic heterocycles. The van der Waals surface area contributed by atoms with Crippen LogP contribution in [0.1, 0.15) is 10.4 Å². The Kier molecular flexibility index (Phi) is 4.55. The summed E-state index contributed by atoms with van der Waals surface area (Å²) in [6.45, 7) is 0. The number of rotatable bonds is 1. The van der Waals surface area contributed by atoms with Crippen LogP contribution in [0.25, 0.3) is 0 Å². The summed E-state index contributed by atoms with van der Waals surface area (Å²) in [6.07, 6.45) is 1.41. The number of carbonyl (C=O) groups is 1. The second-order valence-corrected chi connectivity index (χ2v) is 2.46. The number of hydrazine groups is 1. The van der Waals surface area contributed by atoms with E-state index in [1.54, 1.807) is 0 Å². The van der Waals surface area contributed by atoms with Crippen molar-refractivity contribution in [1.82, 2.24) is 15.8 Å². The third-order valence-corrected chi connectivity index (χ3v) is 1.35. The lowest BCUT2D eigenvalue weighted by Gasteiger charge is -2.05. The lowest BCUT2D eigenvalue weighted by atomic mass is 10.2. The van der Waals surface area contributed by atoms with Gasteiger partial charge in [0, 0.05) is 11.8 Å². The van der Waals surface area contributed by atoms with Gasteiger partial charge in [0.2, 0.25) is 5.96 Å². The average Bonchev–Trinajstić information content (AvgIpc) is 2.14. The van der Waals surface area contributed by atoms with Crippen LogP contribution in [0.4, 0.5) is 5.82 Å². The first-order valence-electron chi connectivity index (χ1n) is 3.71. The van der Waals surface area contributed by atoms with Crippen LogP contribution in [0.15, 0.2) is 18.3 Å².